The highest BCUT2D eigenvalue weighted by Crippen LogP contribution is 2.28. The smallest absolute Gasteiger partial charge is 0.338 e. The maximum Gasteiger partial charge on any atom is 0.338 e. The predicted octanol–water partition coefficient (Wildman–Crippen LogP) is 2.27. The van der Waals surface area contributed by atoms with E-state index in [1.165, 1.54) is 7.11 Å². The number of hydrogen-bond acceptors (Lipinski definition) is 5. The van der Waals surface area contributed by atoms with E-state index in [1.54, 1.807) is 6.92 Å². The molecule has 0 fully saturated rings. The minimum Gasteiger partial charge on any atom is -0.478 e. The van der Waals surface area contributed by atoms with E-state index in [0.717, 1.165) is 6.07 Å². The number of hydrogen-bond donors (Lipinski definition) is 2. The molecule has 2 N–H and O–H groups in total. The number of rotatable bonds is 7. The number of halogens is 1. The molecular formula is C12H15FN2O5. The van der Waals surface area contributed by atoms with Gasteiger partial charge in [-0.25, -0.2) is 9.18 Å². The Kier molecular flexibility index (Phi) is 5.39. The number of carboxylic acids is 1. The summed E-state index contributed by atoms with van der Waals surface area (Å²) in [5.41, 5.74) is -1.15. The van der Waals surface area contributed by atoms with E-state index >= 15 is 0 Å². The van der Waals surface area contributed by atoms with E-state index in [-0.39, 0.29) is 11.7 Å². The van der Waals surface area contributed by atoms with Gasteiger partial charge in [-0.15, -0.1) is 0 Å². The molecule has 0 spiro atoms. The molecule has 1 rings (SSSR count). The van der Waals surface area contributed by atoms with Gasteiger partial charge >= 0.3 is 5.97 Å². The monoisotopic (exact) mass is 286 g/mol. The second-order valence-electron chi connectivity index (χ2n) is 4.24. The van der Waals surface area contributed by atoms with Crippen LogP contribution in [-0.2, 0) is 4.74 Å². The first-order valence-electron chi connectivity index (χ1n) is 5.83. The SMILES string of the molecule is COCCC(C)Nc1cc(C(=O)O)c(F)cc1[N+](=O)[O-]. The molecule has 0 amide bonds. The van der Waals surface area contributed by atoms with Crippen molar-refractivity contribution < 1.29 is 24.0 Å². The Morgan fingerprint density at radius 2 is 2.25 bits per heavy atom. The molecular weight excluding hydrogens is 271 g/mol. The highest BCUT2D eigenvalue weighted by atomic mass is 19.1. The molecule has 0 saturated heterocycles. The maximum atomic E-state index is 13.4. The molecule has 0 bridgehead atoms. The number of nitro benzene ring substituents is 1. The van der Waals surface area contributed by atoms with Crippen molar-refractivity contribution in [1.29, 1.82) is 0 Å². The molecule has 0 heterocycles. The number of ether oxygens (including phenoxy) is 1. The van der Waals surface area contributed by atoms with Crippen molar-refractivity contribution in [1.82, 2.24) is 0 Å². The Morgan fingerprint density at radius 1 is 1.60 bits per heavy atom. The molecule has 0 saturated carbocycles. The molecule has 8 heteroatoms. The minimum atomic E-state index is -1.48. The summed E-state index contributed by atoms with van der Waals surface area (Å²) in [6, 6.07) is 1.34. The van der Waals surface area contributed by atoms with Crippen molar-refractivity contribution in [3.8, 4) is 0 Å². The fourth-order valence-electron chi connectivity index (χ4n) is 1.63. The average molecular weight is 286 g/mol. The molecule has 7 nitrogen and oxygen atoms in total. The first-order valence-corrected chi connectivity index (χ1v) is 5.83. The maximum absolute atomic E-state index is 13.4. The number of benzene rings is 1. The number of nitro groups is 1. The van der Waals surface area contributed by atoms with E-state index in [4.69, 9.17) is 9.84 Å². The summed E-state index contributed by atoms with van der Waals surface area (Å²) in [5.74, 6) is -2.62. The molecule has 0 aliphatic heterocycles. The van der Waals surface area contributed by atoms with Crippen LogP contribution in [0.25, 0.3) is 0 Å². The van der Waals surface area contributed by atoms with Gasteiger partial charge < -0.3 is 15.2 Å². The Bertz CT molecular complexity index is 521. The number of nitrogens with one attached hydrogen (secondary N) is 1. The fourth-order valence-corrected chi connectivity index (χ4v) is 1.63. The summed E-state index contributed by atoms with van der Waals surface area (Å²) >= 11 is 0. The van der Waals surface area contributed by atoms with Crippen molar-refractivity contribution in [2.45, 2.75) is 19.4 Å². The van der Waals surface area contributed by atoms with Crippen molar-refractivity contribution in [2.75, 3.05) is 19.0 Å². The molecule has 0 aromatic heterocycles. The van der Waals surface area contributed by atoms with Crippen LogP contribution in [0.4, 0.5) is 15.8 Å². The van der Waals surface area contributed by atoms with Crippen LogP contribution in [0.2, 0.25) is 0 Å². The van der Waals surface area contributed by atoms with Crippen LogP contribution in [-0.4, -0.2) is 35.8 Å². The van der Waals surface area contributed by atoms with E-state index in [2.05, 4.69) is 5.32 Å². The average Bonchev–Trinajstić information content (AvgIpc) is 2.37. The molecule has 0 aliphatic carbocycles. The lowest BCUT2D eigenvalue weighted by molar-refractivity contribution is -0.384. The second-order valence-corrected chi connectivity index (χ2v) is 4.24. The van der Waals surface area contributed by atoms with Gasteiger partial charge in [-0.3, -0.25) is 10.1 Å². The zero-order valence-electron chi connectivity index (χ0n) is 11.1. The largest absolute Gasteiger partial charge is 0.478 e. The molecule has 0 radical (unpaired) electrons. The number of anilines is 1. The van der Waals surface area contributed by atoms with Crippen LogP contribution in [0, 0.1) is 15.9 Å². The zero-order chi connectivity index (χ0) is 15.3. The lowest BCUT2D eigenvalue weighted by Crippen LogP contribution is -2.18. The summed E-state index contributed by atoms with van der Waals surface area (Å²) in [4.78, 5) is 21.0. The summed E-state index contributed by atoms with van der Waals surface area (Å²) in [6.45, 7) is 2.20. The van der Waals surface area contributed by atoms with E-state index in [9.17, 15) is 19.3 Å². The fraction of sp³-hybridized carbons (Fsp3) is 0.417. The van der Waals surface area contributed by atoms with Crippen LogP contribution in [0.1, 0.15) is 23.7 Å². The van der Waals surface area contributed by atoms with Gasteiger partial charge in [0.1, 0.15) is 11.5 Å². The third kappa shape index (κ3) is 3.89. The first-order chi connectivity index (χ1) is 9.36. The molecule has 0 aliphatic rings. The van der Waals surface area contributed by atoms with E-state index in [1.807, 2.05) is 0 Å². The number of carbonyl (C=O) groups is 1. The van der Waals surface area contributed by atoms with Gasteiger partial charge in [0, 0.05) is 19.8 Å². The van der Waals surface area contributed by atoms with Gasteiger partial charge in [0.25, 0.3) is 5.69 Å². The molecule has 1 atom stereocenters. The van der Waals surface area contributed by atoms with Gasteiger partial charge in [-0.05, 0) is 19.4 Å². The quantitative estimate of drug-likeness (QED) is 0.589. The minimum absolute atomic E-state index is 0.0302. The Labute approximate surface area is 114 Å². The third-order valence-electron chi connectivity index (χ3n) is 2.67. The third-order valence-corrected chi connectivity index (χ3v) is 2.67. The summed E-state index contributed by atoms with van der Waals surface area (Å²) in [5, 5.41) is 22.5. The lowest BCUT2D eigenvalue weighted by atomic mass is 10.1. The van der Waals surface area contributed by atoms with Crippen molar-refractivity contribution >= 4 is 17.3 Å². The van der Waals surface area contributed by atoms with E-state index < -0.39 is 28.0 Å². The second kappa shape index (κ2) is 6.80. The normalized spacial score (nSPS) is 11.9. The number of aromatic carboxylic acids is 1. The van der Waals surface area contributed by atoms with Crippen LogP contribution in [0.15, 0.2) is 12.1 Å². The van der Waals surface area contributed by atoms with Crippen LogP contribution >= 0.6 is 0 Å². The van der Waals surface area contributed by atoms with E-state index in [0.29, 0.717) is 19.1 Å². The highest BCUT2D eigenvalue weighted by Gasteiger charge is 2.22. The predicted molar refractivity (Wildman–Crippen MR) is 69.6 cm³/mol. The Morgan fingerprint density at radius 3 is 2.75 bits per heavy atom. The number of nitrogens with zero attached hydrogens (tertiary/aromatic N) is 1. The van der Waals surface area contributed by atoms with Crippen molar-refractivity contribution in [3.05, 3.63) is 33.6 Å². The molecule has 1 aromatic carbocycles. The van der Waals surface area contributed by atoms with Gasteiger partial charge in [0.15, 0.2) is 0 Å². The van der Waals surface area contributed by atoms with Gasteiger partial charge in [-0.2, -0.15) is 0 Å². The van der Waals surface area contributed by atoms with Gasteiger partial charge in [0.2, 0.25) is 0 Å². The summed E-state index contributed by atoms with van der Waals surface area (Å²) in [7, 11) is 1.52. The zero-order valence-corrected chi connectivity index (χ0v) is 11.1. The molecule has 1 unspecified atom stereocenters. The van der Waals surface area contributed by atoms with Crippen LogP contribution < -0.4 is 5.32 Å². The number of carboxylic acid groups (broad SMARTS) is 1. The highest BCUT2D eigenvalue weighted by molar-refractivity contribution is 5.90. The lowest BCUT2D eigenvalue weighted by Gasteiger charge is -2.15. The standard InChI is InChI=1S/C12H15FN2O5/c1-7(3-4-20-2)14-10-5-8(12(16)17)9(13)6-11(10)15(18)19/h5-7,14H,3-4H2,1-2H3,(H,16,17). The molecule has 1 aromatic rings. The summed E-state index contributed by atoms with van der Waals surface area (Å²) in [6.07, 6.45) is 0.563. The van der Waals surface area contributed by atoms with Crippen molar-refractivity contribution in [3.63, 3.8) is 0 Å². The Balaban J connectivity index is 3.11. The van der Waals surface area contributed by atoms with Crippen molar-refractivity contribution in [2.24, 2.45) is 0 Å². The summed E-state index contributed by atoms with van der Waals surface area (Å²) < 4.78 is 18.3. The van der Waals surface area contributed by atoms with Crippen LogP contribution in [0.5, 0.6) is 0 Å². The molecule has 20 heavy (non-hydrogen) atoms. The first kappa shape index (κ1) is 15.8. The van der Waals surface area contributed by atoms with Gasteiger partial charge in [-0.1, -0.05) is 0 Å². The topological polar surface area (TPSA) is 102 Å². The number of methoxy groups -OCH3 is 1. The Hall–Kier alpha value is -2.22. The van der Waals surface area contributed by atoms with Crippen LogP contribution in [0.3, 0.4) is 0 Å². The molecule has 110 valence electrons. The van der Waals surface area contributed by atoms with Gasteiger partial charge in [0.05, 0.1) is 16.6 Å².